The number of carbonyl (C=O) groups excluding carboxylic acids is 2. The zero-order chi connectivity index (χ0) is 29.7. The van der Waals surface area contributed by atoms with E-state index < -0.39 is 11.4 Å². The van der Waals surface area contributed by atoms with E-state index >= 15 is 0 Å². The van der Waals surface area contributed by atoms with Gasteiger partial charge in [-0.05, 0) is 135 Å². The van der Waals surface area contributed by atoms with E-state index in [4.69, 9.17) is 4.79 Å². The summed E-state index contributed by atoms with van der Waals surface area (Å²) in [7, 11) is 1.56. The number of carboxylic acid groups (broad SMARTS) is 1. The molecule has 5 rings (SSSR count). The molecule has 1 amide bonds. The van der Waals surface area contributed by atoms with E-state index in [1.165, 1.54) is 64.2 Å². The second-order valence-corrected chi connectivity index (χ2v) is 16.8. The minimum absolute atomic E-state index is 0.130. The Morgan fingerprint density at radius 3 is 2.12 bits per heavy atom. The molecule has 5 saturated carbocycles. The highest BCUT2D eigenvalue weighted by Gasteiger charge is 2.65. The number of ketones is 1. The molecule has 5 heteroatoms. The average molecular weight is 558 g/mol. The lowest BCUT2D eigenvalue weighted by Crippen LogP contribution is -2.62. The molecule has 5 aliphatic rings. The molecule has 228 valence electrons. The first kappa shape index (κ1) is 31.5. The van der Waals surface area contributed by atoms with Crippen LogP contribution in [0.5, 0.6) is 0 Å². The summed E-state index contributed by atoms with van der Waals surface area (Å²) in [6, 6.07) is 0. The summed E-state index contributed by atoms with van der Waals surface area (Å²) in [6.07, 6.45) is 16.6. The molecule has 5 nitrogen and oxygen atoms in total. The van der Waals surface area contributed by atoms with Crippen molar-refractivity contribution < 1.29 is 19.5 Å². The quantitative estimate of drug-likeness (QED) is 0.325. The van der Waals surface area contributed by atoms with Crippen LogP contribution < -0.4 is 5.32 Å². The summed E-state index contributed by atoms with van der Waals surface area (Å²) >= 11 is 0. The molecule has 0 bridgehead atoms. The minimum Gasteiger partial charge on any atom is -0.481 e. The highest BCUT2D eigenvalue weighted by molar-refractivity contribution is 5.85. The summed E-state index contributed by atoms with van der Waals surface area (Å²) in [5, 5.41) is 11.8. The topological polar surface area (TPSA) is 83.5 Å². The standard InChI is InChI=1S/C33H54O3.C2H5NO/c1-29(2,28(35)36)20-22(34)19-21-12-17-33(7)26(30(21,3)4)14-18-32(6)25-13-16-31(5)15-8-9-24(31)23(25)10-11-27(32)33;1-3-2-4/h21,23-27H,8-20H2,1-7H3,(H,35,36);2H,1H3,(H,3,4). The molecule has 0 aromatic heterocycles. The van der Waals surface area contributed by atoms with Crippen LogP contribution in [-0.2, 0) is 14.4 Å². The Bertz CT molecular complexity index is 972. The van der Waals surface area contributed by atoms with Crippen LogP contribution in [0, 0.1) is 62.6 Å². The molecular weight excluding hydrogens is 498 g/mol. The fourth-order valence-corrected chi connectivity index (χ4v) is 11.9. The van der Waals surface area contributed by atoms with Crippen molar-refractivity contribution in [3.63, 3.8) is 0 Å². The van der Waals surface area contributed by atoms with Crippen LogP contribution in [-0.4, -0.2) is 30.3 Å². The van der Waals surface area contributed by atoms with Crippen LogP contribution in [0.2, 0.25) is 0 Å². The molecule has 0 spiro atoms. The maximum Gasteiger partial charge on any atom is 0.309 e. The Labute approximate surface area is 244 Å². The van der Waals surface area contributed by atoms with Gasteiger partial charge >= 0.3 is 5.97 Å². The normalized spacial score (nSPS) is 43.5. The summed E-state index contributed by atoms with van der Waals surface area (Å²) in [5.41, 5.74) is 0.656. The second kappa shape index (κ2) is 11.0. The van der Waals surface area contributed by atoms with Crippen LogP contribution in [0.15, 0.2) is 0 Å². The highest BCUT2D eigenvalue weighted by atomic mass is 16.4. The van der Waals surface area contributed by atoms with E-state index in [9.17, 15) is 14.7 Å². The monoisotopic (exact) mass is 557 g/mol. The third-order valence-corrected chi connectivity index (χ3v) is 14.0. The van der Waals surface area contributed by atoms with Gasteiger partial charge < -0.3 is 10.4 Å². The smallest absolute Gasteiger partial charge is 0.309 e. The number of fused-ring (bicyclic) bond motifs is 7. The van der Waals surface area contributed by atoms with Crippen molar-refractivity contribution in [1.29, 1.82) is 0 Å². The first-order valence-electron chi connectivity index (χ1n) is 16.4. The molecule has 9 unspecified atom stereocenters. The number of hydrogen-bond donors (Lipinski definition) is 2. The van der Waals surface area contributed by atoms with Gasteiger partial charge in [-0.3, -0.25) is 14.4 Å². The van der Waals surface area contributed by atoms with Crippen molar-refractivity contribution in [3.05, 3.63) is 0 Å². The van der Waals surface area contributed by atoms with Crippen molar-refractivity contribution in [2.75, 3.05) is 7.05 Å². The molecule has 0 aliphatic heterocycles. The third-order valence-electron chi connectivity index (χ3n) is 14.0. The van der Waals surface area contributed by atoms with Gasteiger partial charge in [0.25, 0.3) is 0 Å². The maximum absolute atomic E-state index is 13.0. The first-order valence-corrected chi connectivity index (χ1v) is 16.4. The Kier molecular flexibility index (Phi) is 8.70. The summed E-state index contributed by atoms with van der Waals surface area (Å²) in [5.74, 6) is 4.01. The molecule has 0 heterocycles. The fraction of sp³-hybridized carbons (Fsp3) is 0.914. The highest BCUT2D eigenvalue weighted by Crippen LogP contribution is 2.73. The van der Waals surface area contributed by atoms with Crippen molar-refractivity contribution in [1.82, 2.24) is 5.32 Å². The Morgan fingerprint density at radius 1 is 0.850 bits per heavy atom. The number of aliphatic carboxylic acids is 1. The van der Waals surface area contributed by atoms with Crippen LogP contribution in [0.25, 0.3) is 0 Å². The lowest BCUT2D eigenvalue weighted by atomic mass is 9.35. The van der Waals surface area contributed by atoms with E-state index in [0.717, 1.165) is 30.1 Å². The lowest BCUT2D eigenvalue weighted by Gasteiger charge is -2.69. The predicted molar refractivity (Wildman–Crippen MR) is 161 cm³/mol. The number of nitrogens with one attached hydrogen (secondary N) is 1. The molecular formula is C35H59NO4. The zero-order valence-electron chi connectivity index (χ0n) is 26.9. The van der Waals surface area contributed by atoms with Crippen molar-refractivity contribution in [3.8, 4) is 0 Å². The molecule has 2 N–H and O–H groups in total. The predicted octanol–water partition coefficient (Wildman–Crippen LogP) is 7.91. The molecule has 0 radical (unpaired) electrons. The van der Waals surface area contributed by atoms with E-state index in [0.29, 0.717) is 40.9 Å². The number of carboxylic acids is 1. The van der Waals surface area contributed by atoms with E-state index in [1.54, 1.807) is 20.9 Å². The van der Waals surface area contributed by atoms with Crippen LogP contribution >= 0.6 is 0 Å². The molecule has 5 fully saturated rings. The van der Waals surface area contributed by atoms with Gasteiger partial charge in [0.05, 0.1) is 5.41 Å². The molecule has 9 atom stereocenters. The number of amides is 1. The number of Topliss-reactive ketones (excluding diaryl/α,β-unsaturated/α-hetero) is 1. The Morgan fingerprint density at radius 2 is 1.50 bits per heavy atom. The van der Waals surface area contributed by atoms with Gasteiger partial charge in [0.15, 0.2) is 0 Å². The van der Waals surface area contributed by atoms with Crippen LogP contribution in [0.4, 0.5) is 0 Å². The van der Waals surface area contributed by atoms with Gasteiger partial charge in [-0.15, -0.1) is 0 Å². The minimum atomic E-state index is -0.967. The summed E-state index contributed by atoms with van der Waals surface area (Å²) in [6.45, 7) is 16.3. The summed E-state index contributed by atoms with van der Waals surface area (Å²) in [4.78, 5) is 33.7. The van der Waals surface area contributed by atoms with Crippen molar-refractivity contribution in [2.45, 2.75) is 132 Å². The van der Waals surface area contributed by atoms with Gasteiger partial charge in [-0.2, -0.15) is 0 Å². The van der Waals surface area contributed by atoms with Crippen molar-refractivity contribution in [2.24, 2.45) is 62.6 Å². The Hall–Kier alpha value is -1.39. The van der Waals surface area contributed by atoms with E-state index in [1.807, 2.05) is 0 Å². The SMILES string of the molecule is CC(C)(CC(=O)CC1CCC2(C)C(CCC3(C)C4CCC5(C)CCCC5C4CCC32)C1(C)C)C(=O)O.CNC=O. The molecule has 5 aliphatic carbocycles. The largest absolute Gasteiger partial charge is 0.481 e. The molecule has 0 aromatic carbocycles. The average Bonchev–Trinajstić information content (AvgIpc) is 3.27. The number of rotatable bonds is 6. The lowest BCUT2D eigenvalue weighted by molar-refractivity contribution is -0.205. The number of carbonyl (C=O) groups is 3. The van der Waals surface area contributed by atoms with Gasteiger partial charge in [0, 0.05) is 19.9 Å². The molecule has 0 saturated heterocycles. The second-order valence-electron chi connectivity index (χ2n) is 16.8. The van der Waals surface area contributed by atoms with E-state index in [2.05, 4.69) is 39.9 Å². The van der Waals surface area contributed by atoms with Gasteiger partial charge in [-0.25, -0.2) is 0 Å². The number of hydrogen-bond acceptors (Lipinski definition) is 3. The van der Waals surface area contributed by atoms with Crippen LogP contribution in [0.3, 0.4) is 0 Å². The molecule has 0 aromatic rings. The Balaban J connectivity index is 0.000000867. The van der Waals surface area contributed by atoms with E-state index in [-0.39, 0.29) is 17.6 Å². The van der Waals surface area contributed by atoms with Crippen LogP contribution in [0.1, 0.15) is 132 Å². The van der Waals surface area contributed by atoms with Crippen molar-refractivity contribution >= 4 is 18.2 Å². The maximum atomic E-state index is 13.0. The molecule has 40 heavy (non-hydrogen) atoms. The third kappa shape index (κ3) is 5.19. The zero-order valence-corrected chi connectivity index (χ0v) is 26.9. The fourth-order valence-electron chi connectivity index (χ4n) is 11.9. The first-order chi connectivity index (χ1) is 18.6. The van der Waals surface area contributed by atoms with Gasteiger partial charge in [0.1, 0.15) is 5.78 Å². The van der Waals surface area contributed by atoms with Gasteiger partial charge in [-0.1, -0.05) is 41.0 Å². The summed E-state index contributed by atoms with van der Waals surface area (Å²) < 4.78 is 0. The van der Waals surface area contributed by atoms with Gasteiger partial charge in [0.2, 0.25) is 6.41 Å².